The average molecular weight is 228 g/mol. The maximum Gasteiger partial charge on any atom is 0.0473 e. The van der Waals surface area contributed by atoms with Crippen molar-refractivity contribution in [2.75, 3.05) is 0 Å². The van der Waals surface area contributed by atoms with E-state index in [4.69, 9.17) is 0 Å². The molecule has 0 radical (unpaired) electrons. The molecule has 0 atom stereocenters. The first-order chi connectivity index (χ1) is 7.12. The second-order valence-corrected chi connectivity index (χ2v) is 11.1. The van der Waals surface area contributed by atoms with E-state index in [-0.39, 0.29) is 0 Å². The van der Waals surface area contributed by atoms with Crippen LogP contribution >= 0.6 is 0 Å². The van der Waals surface area contributed by atoms with Gasteiger partial charge >= 0.3 is 0 Å². The zero-order valence-electron chi connectivity index (χ0n) is 11.6. The summed E-state index contributed by atoms with van der Waals surface area (Å²) in [6.45, 7) is 9.76. The predicted molar refractivity (Wildman–Crippen MR) is 75.4 cm³/mol. The number of unbranched alkanes of at least 4 members (excludes halogenated alkanes) is 6. The van der Waals surface area contributed by atoms with Crippen molar-refractivity contribution < 1.29 is 0 Å². The van der Waals surface area contributed by atoms with E-state index in [1.807, 2.05) is 0 Å². The van der Waals surface area contributed by atoms with Gasteiger partial charge in [0.25, 0.3) is 0 Å². The van der Waals surface area contributed by atoms with Crippen LogP contribution in [-0.2, 0) is 0 Å². The summed E-state index contributed by atoms with van der Waals surface area (Å²) in [6, 6.07) is 3.12. The van der Waals surface area contributed by atoms with Gasteiger partial charge in [-0.05, 0) is 0 Å². The Hall–Kier alpha value is 0.217. The van der Waals surface area contributed by atoms with Gasteiger partial charge in [0.05, 0.1) is 0 Å². The van der Waals surface area contributed by atoms with Crippen LogP contribution < -0.4 is 0 Å². The molecule has 0 N–H and O–H groups in total. The molecule has 0 saturated heterocycles. The van der Waals surface area contributed by atoms with Crippen molar-refractivity contribution in [1.29, 1.82) is 0 Å². The SMILES string of the molecule is CCCCCCCC[Si](C)(C)CCCC. The number of rotatable bonds is 10. The lowest BCUT2D eigenvalue weighted by Crippen LogP contribution is -2.24. The number of hydrogen-bond acceptors (Lipinski definition) is 0. The Kier molecular flexibility index (Phi) is 9.58. The smallest absolute Gasteiger partial charge is 0.0473 e. The number of hydrogen-bond donors (Lipinski definition) is 0. The van der Waals surface area contributed by atoms with E-state index < -0.39 is 8.07 Å². The Bertz CT molecular complexity index is 129. The Morgan fingerprint density at radius 3 is 1.67 bits per heavy atom. The van der Waals surface area contributed by atoms with Crippen LogP contribution in [0.5, 0.6) is 0 Å². The van der Waals surface area contributed by atoms with Crippen LogP contribution in [0.1, 0.15) is 65.2 Å². The molecule has 0 aromatic rings. The Morgan fingerprint density at radius 1 is 0.600 bits per heavy atom. The third kappa shape index (κ3) is 10.5. The van der Waals surface area contributed by atoms with Gasteiger partial charge in [0.1, 0.15) is 0 Å². The largest absolute Gasteiger partial charge is 0.0693 e. The average Bonchev–Trinajstić information content (AvgIpc) is 2.20. The summed E-state index contributed by atoms with van der Waals surface area (Å²) in [7, 11) is -0.793. The zero-order valence-corrected chi connectivity index (χ0v) is 12.6. The molecule has 0 saturated carbocycles. The molecular weight excluding hydrogens is 196 g/mol. The van der Waals surface area contributed by atoms with Gasteiger partial charge < -0.3 is 0 Å². The van der Waals surface area contributed by atoms with E-state index in [2.05, 4.69) is 26.9 Å². The van der Waals surface area contributed by atoms with E-state index in [9.17, 15) is 0 Å². The summed E-state index contributed by atoms with van der Waals surface area (Å²) < 4.78 is 0. The van der Waals surface area contributed by atoms with Gasteiger partial charge in [0.15, 0.2) is 0 Å². The first kappa shape index (κ1) is 15.2. The van der Waals surface area contributed by atoms with Crippen molar-refractivity contribution >= 4 is 8.07 Å². The minimum Gasteiger partial charge on any atom is -0.0693 e. The van der Waals surface area contributed by atoms with Crippen LogP contribution in [0.15, 0.2) is 0 Å². The Labute approximate surface area is 98.9 Å². The summed E-state index contributed by atoms with van der Waals surface area (Å²) >= 11 is 0. The molecule has 0 bridgehead atoms. The van der Waals surface area contributed by atoms with Gasteiger partial charge in [-0.2, -0.15) is 0 Å². The van der Waals surface area contributed by atoms with Crippen LogP contribution in [-0.4, -0.2) is 8.07 Å². The van der Waals surface area contributed by atoms with Gasteiger partial charge in [0, 0.05) is 8.07 Å². The monoisotopic (exact) mass is 228 g/mol. The van der Waals surface area contributed by atoms with E-state index in [0.29, 0.717) is 0 Å². The lowest BCUT2D eigenvalue weighted by molar-refractivity contribution is 0.621. The van der Waals surface area contributed by atoms with Crippen LogP contribution in [0, 0.1) is 0 Å². The third-order valence-electron chi connectivity index (χ3n) is 3.41. The van der Waals surface area contributed by atoms with E-state index >= 15 is 0 Å². The molecule has 0 amide bonds. The molecule has 92 valence electrons. The molecular formula is C14H32Si. The summed E-state index contributed by atoms with van der Waals surface area (Å²) in [6.07, 6.45) is 11.6. The van der Waals surface area contributed by atoms with Crippen molar-refractivity contribution in [1.82, 2.24) is 0 Å². The molecule has 0 aromatic heterocycles. The van der Waals surface area contributed by atoms with Crippen LogP contribution in [0.2, 0.25) is 25.2 Å². The minimum atomic E-state index is -0.793. The molecule has 0 spiro atoms. The topological polar surface area (TPSA) is 0 Å². The Morgan fingerprint density at radius 2 is 1.07 bits per heavy atom. The van der Waals surface area contributed by atoms with Crippen molar-refractivity contribution in [2.45, 2.75) is 90.4 Å². The molecule has 0 nitrogen and oxygen atoms in total. The van der Waals surface area contributed by atoms with E-state index in [1.165, 1.54) is 51.4 Å². The molecule has 0 heterocycles. The van der Waals surface area contributed by atoms with E-state index in [1.54, 1.807) is 12.1 Å². The van der Waals surface area contributed by atoms with Gasteiger partial charge in [-0.3, -0.25) is 0 Å². The molecule has 0 aliphatic rings. The summed E-state index contributed by atoms with van der Waals surface area (Å²) in [4.78, 5) is 0. The first-order valence-electron chi connectivity index (χ1n) is 7.12. The molecule has 0 aliphatic carbocycles. The van der Waals surface area contributed by atoms with E-state index in [0.717, 1.165) is 0 Å². The molecule has 0 aromatic carbocycles. The summed E-state index contributed by atoms with van der Waals surface area (Å²) in [5.41, 5.74) is 0. The fraction of sp³-hybridized carbons (Fsp3) is 1.00. The molecule has 1 heteroatoms. The third-order valence-corrected chi connectivity index (χ3v) is 6.83. The highest BCUT2D eigenvalue weighted by Gasteiger charge is 2.18. The van der Waals surface area contributed by atoms with Crippen molar-refractivity contribution in [3.63, 3.8) is 0 Å². The van der Waals surface area contributed by atoms with Gasteiger partial charge in [-0.1, -0.05) is 90.4 Å². The van der Waals surface area contributed by atoms with Crippen LogP contribution in [0.4, 0.5) is 0 Å². The van der Waals surface area contributed by atoms with Gasteiger partial charge in [-0.15, -0.1) is 0 Å². The summed E-state index contributed by atoms with van der Waals surface area (Å²) in [5, 5.41) is 0. The second-order valence-electron chi connectivity index (χ2n) is 5.79. The van der Waals surface area contributed by atoms with Crippen LogP contribution in [0.3, 0.4) is 0 Å². The highest BCUT2D eigenvalue weighted by molar-refractivity contribution is 6.77. The van der Waals surface area contributed by atoms with Gasteiger partial charge in [-0.25, -0.2) is 0 Å². The molecule has 15 heavy (non-hydrogen) atoms. The lowest BCUT2D eigenvalue weighted by atomic mass is 10.1. The predicted octanol–water partition coefficient (Wildman–Crippen LogP) is 5.86. The maximum absolute atomic E-state index is 2.58. The fourth-order valence-electron chi connectivity index (χ4n) is 2.16. The van der Waals surface area contributed by atoms with Crippen molar-refractivity contribution in [3.05, 3.63) is 0 Å². The van der Waals surface area contributed by atoms with Crippen LogP contribution in [0.25, 0.3) is 0 Å². The lowest BCUT2D eigenvalue weighted by Gasteiger charge is -2.21. The maximum atomic E-state index is 2.58. The van der Waals surface area contributed by atoms with Gasteiger partial charge in [0.2, 0.25) is 0 Å². The highest BCUT2D eigenvalue weighted by Crippen LogP contribution is 2.22. The minimum absolute atomic E-state index is 0.793. The standard InChI is InChI=1S/C14H32Si/c1-5-7-9-10-11-12-14-15(3,4)13-8-6-2/h5-14H2,1-4H3. The Balaban J connectivity index is 3.32. The molecule has 0 aliphatic heterocycles. The molecule has 0 rings (SSSR count). The normalized spacial score (nSPS) is 12.0. The second kappa shape index (κ2) is 9.44. The zero-order chi connectivity index (χ0) is 11.6. The van der Waals surface area contributed by atoms with Crippen molar-refractivity contribution in [2.24, 2.45) is 0 Å². The quantitative estimate of drug-likeness (QED) is 0.325. The molecule has 0 fully saturated rings. The fourth-order valence-corrected chi connectivity index (χ4v) is 4.93. The summed E-state index contributed by atoms with van der Waals surface area (Å²) in [5.74, 6) is 0. The first-order valence-corrected chi connectivity index (χ1v) is 10.5. The van der Waals surface area contributed by atoms with Crippen molar-refractivity contribution in [3.8, 4) is 0 Å². The molecule has 0 unspecified atom stereocenters. The highest BCUT2D eigenvalue weighted by atomic mass is 28.3.